The molecule has 2 fully saturated rings. The molecular formula is C30H44F2O4. The monoisotopic (exact) mass is 506 g/mol. The van der Waals surface area contributed by atoms with E-state index in [2.05, 4.69) is 24.3 Å². The van der Waals surface area contributed by atoms with Crippen LogP contribution in [0.4, 0.5) is 8.78 Å². The highest BCUT2D eigenvalue weighted by Gasteiger charge is 2.27. The molecule has 2 aliphatic rings. The van der Waals surface area contributed by atoms with Crippen molar-refractivity contribution in [1.29, 1.82) is 0 Å². The van der Waals surface area contributed by atoms with Crippen LogP contribution >= 0.6 is 0 Å². The Labute approximate surface area is 215 Å². The van der Waals surface area contributed by atoms with Gasteiger partial charge in [0.2, 0.25) is 0 Å². The molecule has 202 valence electrons. The minimum Gasteiger partial charge on any atom is -0.460 e. The van der Waals surface area contributed by atoms with Crippen LogP contribution in [0, 0.1) is 11.8 Å². The lowest BCUT2D eigenvalue weighted by atomic mass is 9.83. The Kier molecular flexibility index (Phi) is 11.7. The second kappa shape index (κ2) is 14.7. The molecule has 1 aromatic rings. The molecule has 0 N–H and O–H groups in total. The summed E-state index contributed by atoms with van der Waals surface area (Å²) in [6, 6.07) is 8.97. The number of halogens is 2. The van der Waals surface area contributed by atoms with E-state index in [9.17, 15) is 18.4 Å². The Bertz CT molecular complexity index is 729. The van der Waals surface area contributed by atoms with Gasteiger partial charge >= 0.3 is 11.9 Å². The van der Waals surface area contributed by atoms with E-state index in [-0.39, 0.29) is 25.0 Å². The zero-order chi connectivity index (χ0) is 25.9. The van der Waals surface area contributed by atoms with Gasteiger partial charge < -0.3 is 9.47 Å². The number of esters is 2. The molecular weight excluding hydrogens is 462 g/mol. The Morgan fingerprint density at radius 2 is 1.03 bits per heavy atom. The summed E-state index contributed by atoms with van der Waals surface area (Å²) in [5.41, 5.74) is 2.71. The van der Waals surface area contributed by atoms with E-state index < -0.39 is 24.3 Å². The van der Waals surface area contributed by atoms with Crippen molar-refractivity contribution in [2.45, 2.75) is 128 Å². The summed E-state index contributed by atoms with van der Waals surface area (Å²) >= 11 is 0. The highest BCUT2D eigenvalue weighted by molar-refractivity contribution is 5.74. The third-order valence-electron chi connectivity index (χ3n) is 8.09. The van der Waals surface area contributed by atoms with Gasteiger partial charge in [-0.25, -0.2) is 18.4 Å². The predicted molar refractivity (Wildman–Crippen MR) is 137 cm³/mol. The van der Waals surface area contributed by atoms with Crippen LogP contribution in [-0.2, 0) is 31.9 Å². The highest BCUT2D eigenvalue weighted by Crippen LogP contribution is 2.31. The molecule has 1 aromatic carbocycles. The van der Waals surface area contributed by atoms with Crippen LogP contribution in [0.5, 0.6) is 0 Å². The second-order valence-electron chi connectivity index (χ2n) is 10.8. The first-order valence-corrected chi connectivity index (χ1v) is 14.1. The standard InChI is InChI=1S/C30H44F2O4/c1-3-27(31)29(33)35-25-17-13-23(14-18-25)11-9-21-5-7-22(8-6-21)10-12-24-15-19-26(20-16-24)36-30(34)28(32)4-2/h5-8,23-28H,3-4,9-20H2,1-2H3/t23-,24-,25-,26-,27-,28-/m1/s1. The SMILES string of the molecule is CC[C@@H](F)C(=O)O[C@H]1CC[C@H](CCc2ccc(CC[C@H]3CC[C@H](OC(=O)[C@H](F)CC)CC3)cc2)CC1. The van der Waals surface area contributed by atoms with Gasteiger partial charge in [-0.05, 0) is 113 Å². The Hall–Kier alpha value is -1.98. The maximum absolute atomic E-state index is 13.4. The van der Waals surface area contributed by atoms with E-state index in [1.165, 1.54) is 11.1 Å². The fraction of sp³-hybridized carbons (Fsp3) is 0.733. The average Bonchev–Trinajstić information content (AvgIpc) is 2.91. The molecule has 0 spiro atoms. The largest absolute Gasteiger partial charge is 0.460 e. The van der Waals surface area contributed by atoms with Crippen molar-refractivity contribution in [2.75, 3.05) is 0 Å². The molecule has 6 heteroatoms. The number of hydrogen-bond acceptors (Lipinski definition) is 4. The van der Waals surface area contributed by atoms with E-state index in [0.29, 0.717) is 11.8 Å². The Morgan fingerprint density at radius 3 is 1.33 bits per heavy atom. The molecule has 0 aliphatic heterocycles. The lowest BCUT2D eigenvalue weighted by Gasteiger charge is -2.29. The number of rotatable bonds is 12. The van der Waals surface area contributed by atoms with Crippen molar-refractivity contribution in [3.63, 3.8) is 0 Å². The quantitative estimate of drug-likeness (QED) is 0.280. The molecule has 0 bridgehead atoms. The van der Waals surface area contributed by atoms with Crippen molar-refractivity contribution < 1.29 is 27.8 Å². The van der Waals surface area contributed by atoms with Crippen LogP contribution in [0.3, 0.4) is 0 Å². The molecule has 0 unspecified atom stereocenters. The van der Waals surface area contributed by atoms with Gasteiger partial charge in [0.1, 0.15) is 12.2 Å². The molecule has 4 nitrogen and oxygen atoms in total. The van der Waals surface area contributed by atoms with E-state index in [4.69, 9.17) is 9.47 Å². The first-order chi connectivity index (χ1) is 17.4. The lowest BCUT2D eigenvalue weighted by Crippen LogP contribution is -2.28. The van der Waals surface area contributed by atoms with Crippen molar-refractivity contribution in [1.82, 2.24) is 0 Å². The van der Waals surface area contributed by atoms with Gasteiger partial charge in [-0.1, -0.05) is 38.1 Å². The topological polar surface area (TPSA) is 52.6 Å². The summed E-state index contributed by atoms with van der Waals surface area (Å²) in [4.78, 5) is 23.3. The molecule has 36 heavy (non-hydrogen) atoms. The number of benzene rings is 1. The number of ether oxygens (including phenoxy) is 2. The summed E-state index contributed by atoms with van der Waals surface area (Å²) in [7, 11) is 0. The first-order valence-electron chi connectivity index (χ1n) is 14.1. The van der Waals surface area contributed by atoms with Gasteiger partial charge in [-0.2, -0.15) is 0 Å². The Balaban J connectivity index is 1.29. The lowest BCUT2D eigenvalue weighted by molar-refractivity contribution is -0.158. The highest BCUT2D eigenvalue weighted by atomic mass is 19.1. The summed E-state index contributed by atoms with van der Waals surface area (Å²) < 4.78 is 37.5. The van der Waals surface area contributed by atoms with Crippen LogP contribution in [0.2, 0.25) is 0 Å². The molecule has 0 heterocycles. The number of alkyl halides is 2. The molecule has 0 amide bonds. The predicted octanol–water partition coefficient (Wildman–Crippen LogP) is 7.25. The third-order valence-corrected chi connectivity index (χ3v) is 8.09. The maximum atomic E-state index is 13.4. The summed E-state index contributed by atoms with van der Waals surface area (Å²) in [5, 5.41) is 0. The molecule has 2 aliphatic carbocycles. The fourth-order valence-corrected chi connectivity index (χ4v) is 5.50. The van der Waals surface area contributed by atoms with Gasteiger partial charge in [0.05, 0.1) is 0 Å². The number of carbonyl (C=O) groups is 2. The smallest absolute Gasteiger partial charge is 0.340 e. The molecule has 0 radical (unpaired) electrons. The molecule has 2 saturated carbocycles. The van der Waals surface area contributed by atoms with Crippen molar-refractivity contribution in [2.24, 2.45) is 11.8 Å². The van der Waals surface area contributed by atoms with Crippen molar-refractivity contribution in [3.8, 4) is 0 Å². The maximum Gasteiger partial charge on any atom is 0.340 e. The minimum absolute atomic E-state index is 0.119. The average molecular weight is 507 g/mol. The first kappa shape index (κ1) is 28.6. The Morgan fingerprint density at radius 1 is 0.694 bits per heavy atom. The number of carbonyl (C=O) groups excluding carboxylic acids is 2. The van der Waals surface area contributed by atoms with E-state index >= 15 is 0 Å². The van der Waals surface area contributed by atoms with Gasteiger partial charge in [0.15, 0.2) is 12.3 Å². The molecule has 0 aromatic heterocycles. The number of aryl methyl sites for hydroxylation is 2. The van der Waals surface area contributed by atoms with Crippen LogP contribution < -0.4 is 0 Å². The second-order valence-corrected chi connectivity index (χ2v) is 10.8. The van der Waals surface area contributed by atoms with Crippen LogP contribution in [0.1, 0.15) is 102 Å². The fourth-order valence-electron chi connectivity index (χ4n) is 5.50. The summed E-state index contributed by atoms with van der Waals surface area (Å²) in [5.74, 6) is -0.117. The number of hydrogen-bond donors (Lipinski definition) is 0. The van der Waals surface area contributed by atoms with Crippen LogP contribution in [0.15, 0.2) is 24.3 Å². The summed E-state index contributed by atoms with van der Waals surface area (Å²) in [6.07, 6.45) is 9.00. The van der Waals surface area contributed by atoms with E-state index in [1.807, 2.05) is 0 Å². The van der Waals surface area contributed by atoms with E-state index in [1.54, 1.807) is 13.8 Å². The van der Waals surface area contributed by atoms with Crippen LogP contribution in [-0.4, -0.2) is 36.5 Å². The summed E-state index contributed by atoms with van der Waals surface area (Å²) in [6.45, 7) is 3.31. The molecule has 2 atom stereocenters. The zero-order valence-corrected chi connectivity index (χ0v) is 22.1. The zero-order valence-electron chi connectivity index (χ0n) is 22.1. The van der Waals surface area contributed by atoms with Crippen molar-refractivity contribution in [3.05, 3.63) is 35.4 Å². The molecule has 3 rings (SSSR count). The third kappa shape index (κ3) is 9.15. The van der Waals surface area contributed by atoms with Gasteiger partial charge in [0.25, 0.3) is 0 Å². The van der Waals surface area contributed by atoms with Gasteiger partial charge in [-0.15, -0.1) is 0 Å². The van der Waals surface area contributed by atoms with Crippen molar-refractivity contribution >= 4 is 11.9 Å². The van der Waals surface area contributed by atoms with E-state index in [0.717, 1.165) is 77.0 Å². The normalized spacial score (nSPS) is 26.1. The molecule has 0 saturated heterocycles. The van der Waals surface area contributed by atoms with Gasteiger partial charge in [0, 0.05) is 0 Å². The van der Waals surface area contributed by atoms with Gasteiger partial charge in [-0.3, -0.25) is 0 Å². The van der Waals surface area contributed by atoms with Crippen LogP contribution in [0.25, 0.3) is 0 Å². The minimum atomic E-state index is -1.49.